The third-order valence-electron chi connectivity index (χ3n) is 4.19. The first kappa shape index (κ1) is 16.1. The Balaban J connectivity index is 2.13. The fourth-order valence-electron chi connectivity index (χ4n) is 2.57. The van der Waals surface area contributed by atoms with E-state index < -0.39 is 0 Å². The monoisotopic (exact) mass is 308 g/mol. The van der Waals surface area contributed by atoms with Gasteiger partial charge in [-0.05, 0) is 33.5 Å². The van der Waals surface area contributed by atoms with Crippen LogP contribution in [-0.2, 0) is 0 Å². The smallest absolute Gasteiger partial charge is 0.159 e. The van der Waals surface area contributed by atoms with Gasteiger partial charge in [-0.25, -0.2) is 0 Å². The molecule has 116 valence electrons. The number of nitrogens with two attached hydrogens (primary N) is 1. The van der Waals surface area contributed by atoms with Crippen molar-refractivity contribution in [1.82, 2.24) is 20.0 Å². The minimum absolute atomic E-state index is 0.363. The van der Waals surface area contributed by atoms with Gasteiger partial charge in [-0.1, -0.05) is 12.2 Å². The van der Waals surface area contributed by atoms with Crippen molar-refractivity contribution in [2.45, 2.75) is 19.9 Å². The normalized spacial score (nSPS) is 20.5. The molecule has 6 nitrogen and oxygen atoms in total. The van der Waals surface area contributed by atoms with Crippen molar-refractivity contribution in [3.05, 3.63) is 16.8 Å². The Hall–Kier alpha value is -1.31. The molecule has 0 amide bonds. The molecule has 1 aromatic rings. The number of aryl methyl sites for hydroxylation is 1. The number of nitrogens with zero attached hydrogens (tertiary/aromatic N) is 4. The van der Waals surface area contributed by atoms with E-state index in [0.29, 0.717) is 16.8 Å². The Kier molecular flexibility index (Phi) is 5.08. The summed E-state index contributed by atoms with van der Waals surface area (Å²) in [5, 5.41) is 11.8. The Labute approximate surface area is 131 Å². The third kappa shape index (κ3) is 3.66. The van der Waals surface area contributed by atoms with Gasteiger partial charge in [0.1, 0.15) is 4.99 Å². The second-order valence-corrected chi connectivity index (χ2v) is 6.22. The van der Waals surface area contributed by atoms with E-state index in [1.54, 1.807) is 0 Å². The molecule has 2 rings (SSSR count). The van der Waals surface area contributed by atoms with E-state index in [2.05, 4.69) is 39.4 Å². The molecule has 0 saturated carbocycles. The number of rotatable bonds is 4. The van der Waals surface area contributed by atoms with Gasteiger partial charge < -0.3 is 16.0 Å². The van der Waals surface area contributed by atoms with Gasteiger partial charge in [-0.3, -0.25) is 4.90 Å². The van der Waals surface area contributed by atoms with Crippen LogP contribution in [0.15, 0.2) is 0 Å². The van der Waals surface area contributed by atoms with Gasteiger partial charge >= 0.3 is 0 Å². The molecule has 1 aliphatic rings. The van der Waals surface area contributed by atoms with Crippen LogP contribution in [0.1, 0.15) is 16.8 Å². The quantitative estimate of drug-likeness (QED) is 0.780. The maximum atomic E-state index is 5.85. The predicted molar refractivity (Wildman–Crippen MR) is 89.8 cm³/mol. The van der Waals surface area contributed by atoms with Gasteiger partial charge in [0.15, 0.2) is 5.82 Å². The van der Waals surface area contributed by atoms with E-state index in [-0.39, 0.29) is 0 Å². The van der Waals surface area contributed by atoms with E-state index in [4.69, 9.17) is 18.0 Å². The molecular formula is C14H24N6S. The van der Waals surface area contributed by atoms with Crippen LogP contribution in [0.25, 0.3) is 0 Å². The average molecular weight is 308 g/mol. The van der Waals surface area contributed by atoms with Gasteiger partial charge in [-0.2, -0.15) is 5.10 Å². The van der Waals surface area contributed by atoms with Gasteiger partial charge in [-0.15, -0.1) is 5.10 Å². The van der Waals surface area contributed by atoms with Crippen LogP contribution in [0.5, 0.6) is 0 Å². The Morgan fingerprint density at radius 3 is 2.71 bits per heavy atom. The number of hydrogen-bond acceptors (Lipinski definition) is 6. The summed E-state index contributed by atoms with van der Waals surface area (Å²) < 4.78 is 0. The summed E-state index contributed by atoms with van der Waals surface area (Å²) in [6.07, 6.45) is 0. The molecule has 3 N–H and O–H groups in total. The molecule has 1 fully saturated rings. The van der Waals surface area contributed by atoms with Crippen molar-refractivity contribution in [2.24, 2.45) is 5.73 Å². The van der Waals surface area contributed by atoms with Crippen molar-refractivity contribution >= 4 is 23.0 Å². The molecule has 0 aromatic carbocycles. The van der Waals surface area contributed by atoms with E-state index in [0.717, 1.165) is 43.0 Å². The molecule has 2 heterocycles. The predicted octanol–water partition coefficient (Wildman–Crippen LogP) is 0.385. The van der Waals surface area contributed by atoms with Crippen LogP contribution in [0.2, 0.25) is 0 Å². The van der Waals surface area contributed by atoms with Crippen molar-refractivity contribution in [3.8, 4) is 0 Å². The minimum atomic E-state index is 0.363. The summed E-state index contributed by atoms with van der Waals surface area (Å²) in [4.78, 5) is 5.07. The van der Waals surface area contributed by atoms with Crippen molar-refractivity contribution in [3.63, 3.8) is 0 Å². The minimum Gasteiger partial charge on any atom is -0.389 e. The lowest BCUT2D eigenvalue weighted by atomic mass is 10.1. The third-order valence-corrected chi connectivity index (χ3v) is 4.39. The second kappa shape index (κ2) is 6.64. The van der Waals surface area contributed by atoms with E-state index in [1.807, 2.05) is 13.8 Å². The number of anilines is 1. The summed E-state index contributed by atoms with van der Waals surface area (Å²) in [5.74, 6) is 0.687. The van der Waals surface area contributed by atoms with Crippen LogP contribution < -0.4 is 11.1 Å². The van der Waals surface area contributed by atoms with Gasteiger partial charge in [0.05, 0.1) is 11.3 Å². The standard InChI is InChI=1S/C14H24N6S/c1-9-10(2)17-18-14(12(9)13(15)21)16-7-11-8-19(3)5-6-20(11)4/h11H,5-8H2,1-4H3,(H2,15,21)(H,16,18). The highest BCUT2D eigenvalue weighted by atomic mass is 32.1. The molecule has 1 aliphatic heterocycles. The zero-order chi connectivity index (χ0) is 15.6. The van der Waals surface area contributed by atoms with E-state index in [1.165, 1.54) is 0 Å². The molecule has 7 heteroatoms. The summed E-state index contributed by atoms with van der Waals surface area (Å²) in [5.41, 5.74) is 8.51. The van der Waals surface area contributed by atoms with Gasteiger partial charge in [0.25, 0.3) is 0 Å². The lowest BCUT2D eigenvalue weighted by molar-refractivity contribution is 0.122. The zero-order valence-corrected chi connectivity index (χ0v) is 14.0. The fraction of sp³-hybridized carbons (Fsp3) is 0.643. The van der Waals surface area contributed by atoms with Crippen LogP contribution in [0.4, 0.5) is 5.82 Å². The highest BCUT2D eigenvalue weighted by Crippen LogP contribution is 2.18. The number of likely N-dealkylation sites (N-methyl/N-ethyl adjacent to an activating group) is 2. The maximum absolute atomic E-state index is 5.85. The van der Waals surface area contributed by atoms with E-state index >= 15 is 0 Å². The molecule has 1 aromatic heterocycles. The van der Waals surface area contributed by atoms with Crippen molar-refractivity contribution in [1.29, 1.82) is 0 Å². The molecular weight excluding hydrogens is 284 g/mol. The first-order chi connectivity index (χ1) is 9.90. The number of aromatic nitrogens is 2. The van der Waals surface area contributed by atoms with Crippen LogP contribution in [-0.4, -0.2) is 71.3 Å². The Morgan fingerprint density at radius 2 is 2.05 bits per heavy atom. The number of nitrogens with one attached hydrogen (secondary N) is 1. The van der Waals surface area contributed by atoms with Crippen LogP contribution >= 0.6 is 12.2 Å². The SMILES string of the molecule is Cc1nnc(NCC2CN(C)CCN2C)c(C(N)=S)c1C. The molecule has 0 radical (unpaired) electrons. The van der Waals surface area contributed by atoms with Gasteiger partial charge in [0, 0.05) is 32.2 Å². The van der Waals surface area contributed by atoms with Gasteiger partial charge in [0.2, 0.25) is 0 Å². The molecule has 1 saturated heterocycles. The summed E-state index contributed by atoms with van der Waals surface area (Å²) in [6.45, 7) is 7.90. The Morgan fingerprint density at radius 1 is 1.33 bits per heavy atom. The number of thiocarbonyl (C=S) groups is 1. The first-order valence-corrected chi connectivity index (χ1v) is 7.57. The number of hydrogen-bond donors (Lipinski definition) is 2. The molecule has 1 unspecified atom stereocenters. The first-order valence-electron chi connectivity index (χ1n) is 7.16. The summed E-state index contributed by atoms with van der Waals surface area (Å²) in [6, 6.07) is 0.436. The molecule has 1 atom stereocenters. The maximum Gasteiger partial charge on any atom is 0.159 e. The lowest BCUT2D eigenvalue weighted by Crippen LogP contribution is -2.52. The van der Waals surface area contributed by atoms with E-state index in [9.17, 15) is 0 Å². The highest BCUT2D eigenvalue weighted by Gasteiger charge is 2.23. The largest absolute Gasteiger partial charge is 0.389 e. The molecule has 0 aliphatic carbocycles. The topological polar surface area (TPSA) is 70.3 Å². The summed E-state index contributed by atoms with van der Waals surface area (Å²) >= 11 is 5.16. The van der Waals surface area contributed by atoms with Crippen molar-refractivity contribution < 1.29 is 0 Å². The Bertz CT molecular complexity index is 532. The lowest BCUT2D eigenvalue weighted by Gasteiger charge is -2.37. The second-order valence-electron chi connectivity index (χ2n) is 5.78. The number of piperazine rings is 1. The fourth-order valence-corrected chi connectivity index (χ4v) is 2.82. The molecule has 0 bridgehead atoms. The molecule has 0 spiro atoms. The van der Waals surface area contributed by atoms with Crippen LogP contribution in [0.3, 0.4) is 0 Å². The molecule has 21 heavy (non-hydrogen) atoms. The zero-order valence-electron chi connectivity index (χ0n) is 13.2. The van der Waals surface area contributed by atoms with Crippen molar-refractivity contribution in [2.75, 3.05) is 45.6 Å². The average Bonchev–Trinajstić information content (AvgIpc) is 2.43. The van der Waals surface area contributed by atoms with Crippen LogP contribution in [0, 0.1) is 13.8 Å². The highest BCUT2D eigenvalue weighted by molar-refractivity contribution is 7.80. The summed E-state index contributed by atoms with van der Waals surface area (Å²) in [7, 11) is 4.30.